The van der Waals surface area contributed by atoms with Crippen molar-refractivity contribution in [2.24, 2.45) is 0 Å². The number of fused-ring (bicyclic) bond motifs is 1. The lowest BCUT2D eigenvalue weighted by Gasteiger charge is -2.11. The first-order chi connectivity index (χ1) is 9.47. The average molecular weight is 348 g/mol. The Morgan fingerprint density at radius 3 is 2.60 bits per heavy atom. The second-order valence-electron chi connectivity index (χ2n) is 5.06. The summed E-state index contributed by atoms with van der Waals surface area (Å²) in [5.41, 5.74) is 6.35. The van der Waals surface area contributed by atoms with Crippen LogP contribution in [0.3, 0.4) is 0 Å². The first-order valence-electron chi connectivity index (χ1n) is 6.32. The maximum Gasteiger partial charge on any atom is 0.184 e. The van der Waals surface area contributed by atoms with Crippen LogP contribution in [0.5, 0.6) is 0 Å². The molecule has 5 heteroatoms. The number of aryl methyl sites for hydroxylation is 3. The van der Waals surface area contributed by atoms with Crippen LogP contribution in [0.25, 0.3) is 16.9 Å². The number of H-pyrrole nitrogens is 1. The molecule has 3 aromatic rings. The molecule has 0 bridgehead atoms. The molecular formula is C15H14BrN3S. The Morgan fingerprint density at radius 1 is 1.15 bits per heavy atom. The van der Waals surface area contributed by atoms with Gasteiger partial charge in [0.2, 0.25) is 0 Å². The molecule has 0 radical (unpaired) electrons. The topological polar surface area (TPSA) is 33.6 Å². The molecule has 3 nitrogen and oxygen atoms in total. The summed E-state index contributed by atoms with van der Waals surface area (Å²) in [6.07, 6.45) is 1.86. The summed E-state index contributed by atoms with van der Waals surface area (Å²) in [5, 5.41) is 0. The van der Waals surface area contributed by atoms with Crippen molar-refractivity contribution in [3.05, 3.63) is 50.3 Å². The van der Waals surface area contributed by atoms with Gasteiger partial charge in [-0.3, -0.25) is 4.57 Å². The first kappa shape index (κ1) is 13.5. The molecule has 102 valence electrons. The molecule has 20 heavy (non-hydrogen) atoms. The molecule has 1 N–H and O–H groups in total. The molecule has 0 spiro atoms. The highest BCUT2D eigenvalue weighted by Gasteiger charge is 2.13. The van der Waals surface area contributed by atoms with Crippen LogP contribution < -0.4 is 0 Å². The molecule has 0 atom stereocenters. The lowest BCUT2D eigenvalue weighted by atomic mass is 10.1. The Hall–Kier alpha value is -1.46. The van der Waals surface area contributed by atoms with Gasteiger partial charge in [-0.15, -0.1) is 0 Å². The molecule has 0 aliphatic heterocycles. The number of nitrogens with one attached hydrogen (secondary N) is 1. The number of rotatable bonds is 1. The van der Waals surface area contributed by atoms with Crippen molar-refractivity contribution >= 4 is 39.3 Å². The third kappa shape index (κ3) is 2.11. The number of halogens is 1. The number of imidazole rings is 1. The number of hydrogen-bond acceptors (Lipinski definition) is 2. The molecule has 3 rings (SSSR count). The van der Waals surface area contributed by atoms with E-state index in [1.54, 1.807) is 0 Å². The van der Waals surface area contributed by atoms with Crippen LogP contribution in [-0.2, 0) is 0 Å². The average Bonchev–Trinajstić information content (AvgIpc) is 2.64. The second kappa shape index (κ2) is 4.82. The van der Waals surface area contributed by atoms with Crippen LogP contribution in [0, 0.1) is 25.5 Å². The maximum absolute atomic E-state index is 5.48. The van der Waals surface area contributed by atoms with Crippen LogP contribution in [-0.4, -0.2) is 14.5 Å². The van der Waals surface area contributed by atoms with E-state index in [1.165, 1.54) is 5.56 Å². The summed E-state index contributed by atoms with van der Waals surface area (Å²) in [6.45, 7) is 6.19. The van der Waals surface area contributed by atoms with E-state index in [4.69, 9.17) is 12.2 Å². The van der Waals surface area contributed by atoms with Gasteiger partial charge in [0.1, 0.15) is 0 Å². The van der Waals surface area contributed by atoms with Crippen molar-refractivity contribution in [2.45, 2.75) is 20.8 Å². The number of aromatic amines is 1. The van der Waals surface area contributed by atoms with Gasteiger partial charge in [0.15, 0.2) is 10.4 Å². The van der Waals surface area contributed by atoms with Gasteiger partial charge in [-0.05, 0) is 77.7 Å². The summed E-state index contributed by atoms with van der Waals surface area (Å²) in [6, 6.07) is 6.30. The van der Waals surface area contributed by atoms with Gasteiger partial charge in [-0.1, -0.05) is 6.07 Å². The van der Waals surface area contributed by atoms with E-state index >= 15 is 0 Å². The Balaban J connectivity index is 2.41. The lowest BCUT2D eigenvalue weighted by molar-refractivity contribution is 1.02. The standard InChI is InChI=1S/C15H14BrN3S/c1-8-4-10(3)13(11(16)5-8)19-14-12(18-15(19)20)6-9(2)7-17-14/h4-7H,1-3H3,(H,18,20). The van der Waals surface area contributed by atoms with E-state index < -0.39 is 0 Å². The zero-order valence-corrected chi connectivity index (χ0v) is 13.9. The summed E-state index contributed by atoms with van der Waals surface area (Å²) in [4.78, 5) is 7.76. The van der Waals surface area contributed by atoms with Crippen LogP contribution in [0.15, 0.2) is 28.9 Å². The van der Waals surface area contributed by atoms with E-state index in [-0.39, 0.29) is 0 Å². The van der Waals surface area contributed by atoms with E-state index in [0.717, 1.165) is 32.5 Å². The molecular weight excluding hydrogens is 334 g/mol. The maximum atomic E-state index is 5.48. The summed E-state index contributed by atoms with van der Waals surface area (Å²) >= 11 is 9.12. The van der Waals surface area contributed by atoms with Crippen LogP contribution in [0.2, 0.25) is 0 Å². The van der Waals surface area contributed by atoms with Crippen molar-refractivity contribution in [1.82, 2.24) is 14.5 Å². The van der Waals surface area contributed by atoms with Gasteiger partial charge in [0, 0.05) is 10.7 Å². The fourth-order valence-corrected chi connectivity index (χ4v) is 3.64. The van der Waals surface area contributed by atoms with Gasteiger partial charge in [0.25, 0.3) is 0 Å². The molecule has 0 saturated carbocycles. The SMILES string of the molecule is Cc1cc(C)c(-n2c(=S)[nH]c3cc(C)cnc32)c(Br)c1. The highest BCUT2D eigenvalue weighted by Crippen LogP contribution is 2.29. The van der Waals surface area contributed by atoms with Gasteiger partial charge < -0.3 is 4.98 Å². The fraction of sp³-hybridized carbons (Fsp3) is 0.200. The minimum Gasteiger partial charge on any atom is -0.329 e. The zero-order valence-electron chi connectivity index (χ0n) is 11.5. The van der Waals surface area contributed by atoms with Crippen LogP contribution in [0.4, 0.5) is 0 Å². The van der Waals surface area contributed by atoms with Crippen molar-refractivity contribution in [3.63, 3.8) is 0 Å². The van der Waals surface area contributed by atoms with E-state index in [0.29, 0.717) is 4.77 Å². The highest BCUT2D eigenvalue weighted by atomic mass is 79.9. The van der Waals surface area contributed by atoms with E-state index in [2.05, 4.69) is 57.9 Å². The second-order valence-corrected chi connectivity index (χ2v) is 6.30. The van der Waals surface area contributed by atoms with Crippen LogP contribution in [0.1, 0.15) is 16.7 Å². The normalized spacial score (nSPS) is 11.2. The number of hydrogen-bond donors (Lipinski definition) is 1. The van der Waals surface area contributed by atoms with Crippen LogP contribution >= 0.6 is 28.1 Å². The third-order valence-electron chi connectivity index (χ3n) is 3.28. The first-order valence-corrected chi connectivity index (χ1v) is 7.52. The molecule has 0 saturated heterocycles. The Morgan fingerprint density at radius 2 is 1.90 bits per heavy atom. The number of benzene rings is 1. The minimum absolute atomic E-state index is 0.658. The summed E-state index contributed by atoms with van der Waals surface area (Å²) < 4.78 is 3.67. The largest absolute Gasteiger partial charge is 0.329 e. The smallest absolute Gasteiger partial charge is 0.184 e. The predicted molar refractivity (Wildman–Crippen MR) is 88.2 cm³/mol. The molecule has 0 aliphatic carbocycles. The quantitative estimate of drug-likeness (QED) is 0.643. The number of pyridine rings is 1. The van der Waals surface area contributed by atoms with Crippen molar-refractivity contribution in [1.29, 1.82) is 0 Å². The van der Waals surface area contributed by atoms with Crippen molar-refractivity contribution < 1.29 is 0 Å². The Bertz CT molecular complexity index is 853. The lowest BCUT2D eigenvalue weighted by Crippen LogP contribution is -2.00. The van der Waals surface area contributed by atoms with E-state index in [1.807, 2.05) is 17.7 Å². The monoisotopic (exact) mass is 347 g/mol. The molecule has 2 heterocycles. The number of nitrogens with zero attached hydrogens (tertiary/aromatic N) is 2. The summed E-state index contributed by atoms with van der Waals surface area (Å²) in [7, 11) is 0. The highest BCUT2D eigenvalue weighted by molar-refractivity contribution is 9.10. The van der Waals surface area contributed by atoms with Crippen molar-refractivity contribution in [3.8, 4) is 5.69 Å². The molecule has 0 amide bonds. The fourth-order valence-electron chi connectivity index (χ4n) is 2.50. The van der Waals surface area contributed by atoms with Crippen molar-refractivity contribution in [2.75, 3.05) is 0 Å². The molecule has 0 aliphatic rings. The molecule has 2 aromatic heterocycles. The Labute approximate surface area is 130 Å². The molecule has 1 aromatic carbocycles. The van der Waals surface area contributed by atoms with Gasteiger partial charge in [-0.25, -0.2) is 4.98 Å². The summed E-state index contributed by atoms with van der Waals surface area (Å²) in [5.74, 6) is 0. The predicted octanol–water partition coefficient (Wildman–Crippen LogP) is 4.77. The Kier molecular flexibility index (Phi) is 3.26. The molecule has 0 fully saturated rings. The minimum atomic E-state index is 0.658. The van der Waals surface area contributed by atoms with E-state index in [9.17, 15) is 0 Å². The zero-order chi connectivity index (χ0) is 14.4. The molecule has 0 unspecified atom stereocenters. The number of aromatic nitrogens is 3. The van der Waals surface area contributed by atoms with Gasteiger partial charge >= 0.3 is 0 Å². The van der Waals surface area contributed by atoms with Gasteiger partial charge in [-0.2, -0.15) is 0 Å². The van der Waals surface area contributed by atoms with Gasteiger partial charge in [0.05, 0.1) is 11.2 Å². The third-order valence-corrected chi connectivity index (χ3v) is 4.17.